The maximum absolute atomic E-state index is 10.2. The Labute approximate surface area is 77.8 Å². The molecule has 0 unspecified atom stereocenters. The summed E-state index contributed by atoms with van der Waals surface area (Å²) in [5, 5.41) is 20.0. The Bertz CT molecular complexity index is 305. The first-order valence-electron chi connectivity index (χ1n) is 4.57. The van der Waals surface area contributed by atoms with Crippen molar-refractivity contribution in [2.24, 2.45) is 0 Å². The summed E-state index contributed by atoms with van der Waals surface area (Å²) in [6.07, 6.45) is 1.31. The molecule has 0 spiro atoms. The van der Waals surface area contributed by atoms with Crippen molar-refractivity contribution in [3.05, 3.63) is 35.9 Å². The van der Waals surface area contributed by atoms with Crippen molar-refractivity contribution in [2.45, 2.75) is 31.0 Å². The van der Waals surface area contributed by atoms with Crippen molar-refractivity contribution < 1.29 is 10.2 Å². The summed E-state index contributed by atoms with van der Waals surface area (Å²) in [6.45, 7) is 1.68. The van der Waals surface area contributed by atoms with Gasteiger partial charge in [-0.15, -0.1) is 0 Å². The number of hydrogen-bond acceptors (Lipinski definition) is 2. The molecule has 1 aromatic carbocycles. The predicted molar refractivity (Wildman–Crippen MR) is 50.2 cm³/mol. The van der Waals surface area contributed by atoms with Crippen molar-refractivity contribution in [1.82, 2.24) is 0 Å². The molecule has 1 saturated carbocycles. The van der Waals surface area contributed by atoms with E-state index in [-0.39, 0.29) is 0 Å². The molecule has 2 nitrogen and oxygen atoms in total. The smallest absolute Gasteiger partial charge is 0.118 e. The van der Waals surface area contributed by atoms with E-state index in [2.05, 4.69) is 0 Å². The van der Waals surface area contributed by atoms with Gasteiger partial charge in [0.05, 0.1) is 5.60 Å². The molecule has 0 heterocycles. The van der Waals surface area contributed by atoms with Crippen LogP contribution in [0, 0.1) is 0 Å². The molecule has 70 valence electrons. The van der Waals surface area contributed by atoms with Crippen molar-refractivity contribution in [3.63, 3.8) is 0 Å². The number of aliphatic hydroxyl groups is 2. The standard InChI is InChI=1S/C11H14O2/c1-10(12)7-8-11(10,13)9-5-3-2-4-6-9/h2-6,12-13H,7-8H2,1H3/t10-,11-/m1/s1. The van der Waals surface area contributed by atoms with E-state index in [4.69, 9.17) is 0 Å². The predicted octanol–water partition coefficient (Wildman–Crippen LogP) is 1.42. The van der Waals surface area contributed by atoms with Gasteiger partial charge in [-0.3, -0.25) is 0 Å². The van der Waals surface area contributed by atoms with Crippen molar-refractivity contribution in [3.8, 4) is 0 Å². The van der Waals surface area contributed by atoms with E-state index in [0.717, 1.165) is 5.56 Å². The molecular weight excluding hydrogens is 164 g/mol. The molecule has 0 bridgehead atoms. The lowest BCUT2D eigenvalue weighted by molar-refractivity contribution is -0.219. The molecule has 1 aromatic rings. The average Bonchev–Trinajstić information content (AvgIpc) is 2.16. The number of benzene rings is 1. The normalized spacial score (nSPS) is 38.4. The lowest BCUT2D eigenvalue weighted by atomic mass is 9.63. The molecule has 2 atom stereocenters. The van der Waals surface area contributed by atoms with Gasteiger partial charge in [-0.1, -0.05) is 30.3 Å². The van der Waals surface area contributed by atoms with Crippen molar-refractivity contribution in [2.75, 3.05) is 0 Å². The number of rotatable bonds is 1. The minimum Gasteiger partial charge on any atom is -0.387 e. The van der Waals surface area contributed by atoms with Gasteiger partial charge in [0, 0.05) is 0 Å². The monoisotopic (exact) mass is 178 g/mol. The third-order valence-electron chi connectivity index (χ3n) is 3.12. The Morgan fingerprint density at radius 1 is 1.08 bits per heavy atom. The summed E-state index contributed by atoms with van der Waals surface area (Å²) >= 11 is 0. The van der Waals surface area contributed by atoms with Crippen LogP contribution in [0.4, 0.5) is 0 Å². The van der Waals surface area contributed by atoms with Crippen LogP contribution in [0.15, 0.2) is 30.3 Å². The van der Waals surface area contributed by atoms with Crippen molar-refractivity contribution >= 4 is 0 Å². The zero-order valence-corrected chi connectivity index (χ0v) is 7.70. The Balaban J connectivity index is 2.37. The largest absolute Gasteiger partial charge is 0.387 e. The molecule has 0 aliphatic heterocycles. The van der Waals surface area contributed by atoms with Gasteiger partial charge < -0.3 is 10.2 Å². The summed E-state index contributed by atoms with van der Waals surface area (Å²) in [5.74, 6) is 0. The summed E-state index contributed by atoms with van der Waals surface area (Å²) < 4.78 is 0. The fraction of sp³-hybridized carbons (Fsp3) is 0.455. The molecule has 1 fully saturated rings. The first-order chi connectivity index (χ1) is 6.06. The molecule has 2 rings (SSSR count). The molecule has 1 aliphatic rings. The van der Waals surface area contributed by atoms with E-state index in [9.17, 15) is 10.2 Å². The minimum atomic E-state index is -1.03. The van der Waals surface area contributed by atoms with Crippen LogP contribution in [-0.4, -0.2) is 15.8 Å². The molecule has 0 saturated heterocycles. The Morgan fingerprint density at radius 2 is 1.69 bits per heavy atom. The van der Waals surface area contributed by atoms with Crippen LogP contribution >= 0.6 is 0 Å². The van der Waals surface area contributed by atoms with E-state index >= 15 is 0 Å². The molecule has 0 amide bonds. The number of hydrogen-bond donors (Lipinski definition) is 2. The van der Waals surface area contributed by atoms with Crippen LogP contribution in [0.2, 0.25) is 0 Å². The topological polar surface area (TPSA) is 40.5 Å². The lowest BCUT2D eigenvalue weighted by Crippen LogP contribution is -2.58. The summed E-state index contributed by atoms with van der Waals surface area (Å²) in [4.78, 5) is 0. The highest BCUT2D eigenvalue weighted by Crippen LogP contribution is 2.49. The van der Waals surface area contributed by atoms with Crippen LogP contribution < -0.4 is 0 Å². The minimum absolute atomic E-state index is 0.643. The van der Waals surface area contributed by atoms with E-state index in [1.807, 2.05) is 30.3 Å². The maximum Gasteiger partial charge on any atom is 0.118 e. The van der Waals surface area contributed by atoms with Crippen LogP contribution in [-0.2, 0) is 5.60 Å². The molecular formula is C11H14O2. The van der Waals surface area contributed by atoms with Gasteiger partial charge in [-0.25, -0.2) is 0 Å². The summed E-state index contributed by atoms with van der Waals surface area (Å²) in [5.41, 5.74) is -1.19. The Kier molecular flexibility index (Phi) is 1.72. The molecule has 0 aromatic heterocycles. The Hall–Kier alpha value is -0.860. The second kappa shape index (κ2) is 2.56. The third-order valence-corrected chi connectivity index (χ3v) is 3.12. The zero-order valence-electron chi connectivity index (χ0n) is 7.70. The van der Waals surface area contributed by atoms with Crippen LogP contribution in [0.3, 0.4) is 0 Å². The van der Waals surface area contributed by atoms with Crippen LogP contribution in [0.5, 0.6) is 0 Å². The SMILES string of the molecule is C[C@@]1(O)CC[C@@]1(O)c1ccccc1. The third kappa shape index (κ3) is 1.10. The molecule has 0 radical (unpaired) electrons. The van der Waals surface area contributed by atoms with Gasteiger partial charge in [-0.05, 0) is 25.3 Å². The second-order valence-electron chi connectivity index (χ2n) is 4.00. The van der Waals surface area contributed by atoms with Gasteiger partial charge in [0.15, 0.2) is 0 Å². The average molecular weight is 178 g/mol. The molecule has 1 aliphatic carbocycles. The second-order valence-corrected chi connectivity index (χ2v) is 4.00. The first-order valence-corrected chi connectivity index (χ1v) is 4.57. The summed E-state index contributed by atoms with van der Waals surface area (Å²) in [6, 6.07) is 9.37. The van der Waals surface area contributed by atoms with Gasteiger partial charge in [0.25, 0.3) is 0 Å². The van der Waals surface area contributed by atoms with E-state index in [1.165, 1.54) is 0 Å². The maximum atomic E-state index is 10.2. The van der Waals surface area contributed by atoms with Gasteiger partial charge in [0.1, 0.15) is 5.60 Å². The lowest BCUT2D eigenvalue weighted by Gasteiger charge is -2.51. The van der Waals surface area contributed by atoms with Gasteiger partial charge >= 0.3 is 0 Å². The highest BCUT2D eigenvalue weighted by molar-refractivity contribution is 5.29. The fourth-order valence-corrected chi connectivity index (χ4v) is 1.89. The summed E-state index contributed by atoms with van der Waals surface area (Å²) in [7, 11) is 0. The fourth-order valence-electron chi connectivity index (χ4n) is 1.89. The first kappa shape index (κ1) is 8.73. The van der Waals surface area contributed by atoms with E-state index in [1.54, 1.807) is 6.92 Å². The molecule has 13 heavy (non-hydrogen) atoms. The van der Waals surface area contributed by atoms with Gasteiger partial charge in [-0.2, -0.15) is 0 Å². The van der Waals surface area contributed by atoms with Crippen LogP contribution in [0.1, 0.15) is 25.3 Å². The van der Waals surface area contributed by atoms with Crippen LogP contribution in [0.25, 0.3) is 0 Å². The Morgan fingerprint density at radius 3 is 2.08 bits per heavy atom. The van der Waals surface area contributed by atoms with Gasteiger partial charge in [0.2, 0.25) is 0 Å². The molecule has 2 N–H and O–H groups in total. The highest BCUT2D eigenvalue weighted by atomic mass is 16.4. The highest BCUT2D eigenvalue weighted by Gasteiger charge is 2.55. The zero-order chi connectivity index (χ0) is 9.53. The van der Waals surface area contributed by atoms with E-state index in [0.29, 0.717) is 12.8 Å². The van der Waals surface area contributed by atoms with Crippen molar-refractivity contribution in [1.29, 1.82) is 0 Å². The quantitative estimate of drug-likeness (QED) is 0.682. The van der Waals surface area contributed by atoms with E-state index < -0.39 is 11.2 Å². The molecule has 2 heteroatoms.